The van der Waals surface area contributed by atoms with E-state index in [2.05, 4.69) is 38.1 Å². The van der Waals surface area contributed by atoms with Gasteiger partial charge in [0.2, 0.25) is 0 Å². The quantitative estimate of drug-likeness (QED) is 0.404. The molecule has 0 bridgehead atoms. The van der Waals surface area contributed by atoms with Gasteiger partial charge in [-0.3, -0.25) is 0 Å². The summed E-state index contributed by atoms with van der Waals surface area (Å²) in [5, 5.41) is 12.0. The fourth-order valence-corrected chi connectivity index (χ4v) is 4.03. The van der Waals surface area contributed by atoms with Crippen LogP contribution < -0.4 is 0 Å². The highest BCUT2D eigenvalue weighted by Gasteiger charge is 2.39. The Hall–Kier alpha value is -1.60. The second-order valence-corrected chi connectivity index (χ2v) is 7.54. The SMILES string of the molecule is CCCCCCCC(CCCC)C(O)(c1ccccc1)c1ccccc1. The third kappa shape index (κ3) is 5.45. The van der Waals surface area contributed by atoms with Crippen LogP contribution in [0.25, 0.3) is 0 Å². The Morgan fingerprint density at radius 1 is 0.654 bits per heavy atom. The van der Waals surface area contributed by atoms with Crippen LogP contribution in [0.4, 0.5) is 0 Å². The Bertz CT molecular complexity index is 551. The van der Waals surface area contributed by atoms with E-state index in [1.54, 1.807) is 0 Å². The van der Waals surface area contributed by atoms with Crippen molar-refractivity contribution in [1.29, 1.82) is 0 Å². The van der Waals surface area contributed by atoms with Crippen LogP contribution in [0.2, 0.25) is 0 Å². The fraction of sp³-hybridized carbons (Fsp3) is 0.520. The van der Waals surface area contributed by atoms with E-state index in [-0.39, 0.29) is 5.92 Å². The molecule has 0 amide bonds. The predicted octanol–water partition coefficient (Wildman–Crippen LogP) is 7.09. The molecule has 0 saturated heterocycles. The summed E-state index contributed by atoms with van der Waals surface area (Å²) >= 11 is 0. The van der Waals surface area contributed by atoms with Gasteiger partial charge in [0, 0.05) is 0 Å². The highest BCUT2D eigenvalue weighted by molar-refractivity contribution is 5.36. The molecule has 0 aliphatic rings. The molecule has 2 rings (SSSR count). The summed E-state index contributed by atoms with van der Waals surface area (Å²) in [5.74, 6) is 0.258. The Morgan fingerprint density at radius 3 is 1.62 bits per heavy atom. The third-order valence-electron chi connectivity index (χ3n) is 5.58. The largest absolute Gasteiger partial charge is 0.380 e. The summed E-state index contributed by atoms with van der Waals surface area (Å²) < 4.78 is 0. The maximum atomic E-state index is 12.0. The fourth-order valence-electron chi connectivity index (χ4n) is 4.03. The first-order valence-electron chi connectivity index (χ1n) is 10.6. The van der Waals surface area contributed by atoms with Gasteiger partial charge in [-0.2, -0.15) is 0 Å². The molecule has 0 radical (unpaired) electrons. The second kappa shape index (κ2) is 11.2. The Kier molecular flexibility index (Phi) is 8.91. The van der Waals surface area contributed by atoms with E-state index in [4.69, 9.17) is 0 Å². The number of hydrogen-bond acceptors (Lipinski definition) is 1. The van der Waals surface area contributed by atoms with Crippen LogP contribution in [-0.4, -0.2) is 5.11 Å². The van der Waals surface area contributed by atoms with Crippen LogP contribution in [0.15, 0.2) is 60.7 Å². The smallest absolute Gasteiger partial charge is 0.117 e. The molecule has 1 heteroatoms. The molecule has 0 saturated carbocycles. The standard InChI is InChI=1S/C25H36O/c1-3-5-7-8-11-17-22(16-6-4-2)25(26,23-18-12-9-13-19-23)24-20-14-10-15-21-24/h9-10,12-15,18-22,26H,3-8,11,16-17H2,1-2H3. The average Bonchev–Trinajstić information content (AvgIpc) is 2.71. The Morgan fingerprint density at radius 2 is 1.12 bits per heavy atom. The molecule has 2 aromatic carbocycles. The summed E-state index contributed by atoms with van der Waals surface area (Å²) in [7, 11) is 0. The second-order valence-electron chi connectivity index (χ2n) is 7.54. The zero-order valence-electron chi connectivity index (χ0n) is 16.7. The number of unbranched alkanes of at least 4 members (excludes halogenated alkanes) is 5. The highest BCUT2D eigenvalue weighted by atomic mass is 16.3. The van der Waals surface area contributed by atoms with Gasteiger partial charge in [-0.25, -0.2) is 0 Å². The summed E-state index contributed by atoms with van der Waals surface area (Å²) in [6.45, 7) is 4.50. The van der Waals surface area contributed by atoms with Crippen molar-refractivity contribution in [3.8, 4) is 0 Å². The molecule has 0 spiro atoms. The van der Waals surface area contributed by atoms with Crippen molar-refractivity contribution >= 4 is 0 Å². The van der Waals surface area contributed by atoms with Gasteiger partial charge in [0.1, 0.15) is 5.60 Å². The monoisotopic (exact) mass is 352 g/mol. The van der Waals surface area contributed by atoms with E-state index < -0.39 is 5.60 Å². The number of hydrogen-bond donors (Lipinski definition) is 1. The molecule has 0 aromatic heterocycles. The zero-order chi connectivity index (χ0) is 18.7. The highest BCUT2D eigenvalue weighted by Crippen LogP contribution is 2.42. The third-order valence-corrected chi connectivity index (χ3v) is 5.58. The van der Waals surface area contributed by atoms with Gasteiger partial charge in [0.05, 0.1) is 0 Å². The normalized spacial score (nSPS) is 12.9. The molecule has 1 nitrogen and oxygen atoms in total. The van der Waals surface area contributed by atoms with Gasteiger partial charge < -0.3 is 5.11 Å². The van der Waals surface area contributed by atoms with Crippen LogP contribution in [0.1, 0.15) is 82.8 Å². The van der Waals surface area contributed by atoms with Gasteiger partial charge in [-0.15, -0.1) is 0 Å². The van der Waals surface area contributed by atoms with Gasteiger partial charge in [0.15, 0.2) is 0 Å². The van der Waals surface area contributed by atoms with Gasteiger partial charge >= 0.3 is 0 Å². The maximum absolute atomic E-state index is 12.0. The number of aliphatic hydroxyl groups is 1. The minimum Gasteiger partial charge on any atom is -0.380 e. The minimum absolute atomic E-state index is 0.258. The van der Waals surface area contributed by atoms with Crippen LogP contribution in [-0.2, 0) is 5.60 Å². The van der Waals surface area contributed by atoms with Crippen molar-refractivity contribution < 1.29 is 5.11 Å². The molecule has 0 fully saturated rings. The predicted molar refractivity (Wildman–Crippen MR) is 112 cm³/mol. The van der Waals surface area contributed by atoms with E-state index in [9.17, 15) is 5.11 Å². The van der Waals surface area contributed by atoms with Crippen molar-refractivity contribution in [3.63, 3.8) is 0 Å². The molecule has 0 aliphatic carbocycles. The Labute approximate surface area is 160 Å². The van der Waals surface area contributed by atoms with Crippen molar-refractivity contribution in [2.75, 3.05) is 0 Å². The van der Waals surface area contributed by atoms with E-state index in [1.165, 1.54) is 44.9 Å². The van der Waals surface area contributed by atoms with Gasteiger partial charge in [0.25, 0.3) is 0 Å². The topological polar surface area (TPSA) is 20.2 Å². The van der Waals surface area contributed by atoms with E-state index in [0.717, 1.165) is 24.0 Å². The molecular formula is C25H36O. The molecule has 0 heterocycles. The molecule has 1 N–H and O–H groups in total. The van der Waals surface area contributed by atoms with Crippen molar-refractivity contribution in [2.45, 2.75) is 77.2 Å². The molecule has 0 aliphatic heterocycles. The van der Waals surface area contributed by atoms with Crippen LogP contribution in [0.5, 0.6) is 0 Å². The lowest BCUT2D eigenvalue weighted by Crippen LogP contribution is -2.36. The molecule has 2 aromatic rings. The first kappa shape index (κ1) is 20.7. The average molecular weight is 353 g/mol. The zero-order valence-corrected chi connectivity index (χ0v) is 16.7. The summed E-state index contributed by atoms with van der Waals surface area (Å²) in [6.07, 6.45) is 10.9. The Balaban J connectivity index is 2.29. The minimum atomic E-state index is -0.900. The number of benzene rings is 2. The van der Waals surface area contributed by atoms with Gasteiger partial charge in [-0.1, -0.05) is 119 Å². The van der Waals surface area contributed by atoms with E-state index in [1.807, 2.05) is 36.4 Å². The molecule has 26 heavy (non-hydrogen) atoms. The lowest BCUT2D eigenvalue weighted by atomic mass is 9.72. The van der Waals surface area contributed by atoms with Crippen molar-refractivity contribution in [3.05, 3.63) is 71.8 Å². The van der Waals surface area contributed by atoms with Crippen molar-refractivity contribution in [2.24, 2.45) is 5.92 Å². The van der Waals surface area contributed by atoms with Gasteiger partial charge in [-0.05, 0) is 29.9 Å². The molecule has 1 unspecified atom stereocenters. The summed E-state index contributed by atoms with van der Waals surface area (Å²) in [5.41, 5.74) is 1.16. The molecule has 1 atom stereocenters. The lowest BCUT2D eigenvalue weighted by Gasteiger charge is -2.38. The first-order chi connectivity index (χ1) is 12.7. The number of rotatable bonds is 12. The maximum Gasteiger partial charge on any atom is 0.117 e. The van der Waals surface area contributed by atoms with Crippen LogP contribution in [0.3, 0.4) is 0 Å². The molecule has 142 valence electrons. The van der Waals surface area contributed by atoms with E-state index >= 15 is 0 Å². The van der Waals surface area contributed by atoms with E-state index in [0.29, 0.717) is 0 Å². The molecular weight excluding hydrogens is 316 g/mol. The van der Waals surface area contributed by atoms with Crippen LogP contribution >= 0.6 is 0 Å². The van der Waals surface area contributed by atoms with Crippen molar-refractivity contribution in [1.82, 2.24) is 0 Å². The summed E-state index contributed by atoms with van der Waals surface area (Å²) in [6, 6.07) is 20.6. The summed E-state index contributed by atoms with van der Waals surface area (Å²) in [4.78, 5) is 0. The van der Waals surface area contributed by atoms with Crippen LogP contribution in [0, 0.1) is 5.92 Å². The lowest BCUT2D eigenvalue weighted by molar-refractivity contribution is 0.00592. The first-order valence-corrected chi connectivity index (χ1v) is 10.6.